The van der Waals surface area contributed by atoms with E-state index in [9.17, 15) is 22.4 Å². The molecule has 0 aliphatic carbocycles. The molecule has 0 bridgehead atoms. The molecule has 0 spiro atoms. The third kappa shape index (κ3) is 7.03. The molecule has 32 heavy (non-hydrogen) atoms. The number of sulfonamides is 1. The second kappa shape index (κ2) is 11.1. The predicted molar refractivity (Wildman–Crippen MR) is 119 cm³/mol. The number of para-hydroxylation sites is 1. The molecule has 0 aromatic heterocycles. The number of nitrogens with one attached hydrogen (secondary N) is 1. The second-order valence-electron chi connectivity index (χ2n) is 7.37. The quantitative estimate of drug-likeness (QED) is 0.577. The predicted octanol–water partition coefficient (Wildman–Crippen LogP) is 1.76. The van der Waals surface area contributed by atoms with Crippen molar-refractivity contribution in [3.63, 3.8) is 0 Å². The van der Waals surface area contributed by atoms with Crippen LogP contribution >= 0.6 is 0 Å². The summed E-state index contributed by atoms with van der Waals surface area (Å²) in [6.45, 7) is 1.33. The Hall–Kier alpha value is -2.98. The summed E-state index contributed by atoms with van der Waals surface area (Å²) >= 11 is 0. The maximum atomic E-state index is 13.3. The summed E-state index contributed by atoms with van der Waals surface area (Å²) in [7, 11) is -0.768. The van der Waals surface area contributed by atoms with Gasteiger partial charge in [-0.2, -0.15) is 4.31 Å². The van der Waals surface area contributed by atoms with Crippen LogP contribution in [-0.2, 0) is 32.7 Å². The van der Waals surface area contributed by atoms with Crippen LogP contribution in [0, 0.1) is 5.82 Å². The summed E-state index contributed by atoms with van der Waals surface area (Å²) in [6.07, 6.45) is 0.994. The van der Waals surface area contributed by atoms with E-state index < -0.39 is 40.2 Å². The highest BCUT2D eigenvalue weighted by atomic mass is 32.2. The maximum Gasteiger partial charge on any atom is 0.242 e. The van der Waals surface area contributed by atoms with Crippen LogP contribution in [-0.4, -0.2) is 62.4 Å². The van der Waals surface area contributed by atoms with Gasteiger partial charge in [-0.05, 0) is 30.7 Å². The number of hydrogen-bond acceptors (Lipinski definition) is 5. The number of benzene rings is 2. The summed E-state index contributed by atoms with van der Waals surface area (Å²) in [5.41, 5.74) is 1.37. The molecule has 2 amide bonds. The average molecular weight is 466 g/mol. The number of carbonyl (C=O) groups excluding carboxylic acids is 2. The number of likely N-dealkylation sites (N-methyl/N-ethyl adjacent to an activating group) is 1. The number of methoxy groups -OCH3 is 1. The SMILES string of the molecule is COc1ccccc1CNC(=O)[C@H](C)N(Cc1ccc(F)cc1)C(=O)CN(C)S(C)(=O)=O. The molecular weight excluding hydrogens is 437 g/mol. The third-order valence-electron chi connectivity index (χ3n) is 5.00. The van der Waals surface area contributed by atoms with E-state index >= 15 is 0 Å². The Morgan fingerprint density at radius 3 is 2.34 bits per heavy atom. The molecule has 8 nitrogen and oxygen atoms in total. The van der Waals surface area contributed by atoms with Crippen LogP contribution in [0.15, 0.2) is 48.5 Å². The van der Waals surface area contributed by atoms with E-state index in [0.29, 0.717) is 11.3 Å². The van der Waals surface area contributed by atoms with Crippen molar-refractivity contribution in [2.24, 2.45) is 0 Å². The molecule has 0 saturated heterocycles. The van der Waals surface area contributed by atoms with Crippen molar-refractivity contribution in [1.29, 1.82) is 0 Å². The van der Waals surface area contributed by atoms with Gasteiger partial charge in [0.05, 0.1) is 19.9 Å². The number of amides is 2. The van der Waals surface area contributed by atoms with E-state index in [2.05, 4.69) is 5.32 Å². The normalized spacial score (nSPS) is 12.3. The van der Waals surface area contributed by atoms with Crippen LogP contribution in [0.1, 0.15) is 18.1 Å². The Kier molecular flexibility index (Phi) is 8.73. The van der Waals surface area contributed by atoms with Gasteiger partial charge < -0.3 is 15.0 Å². The zero-order valence-corrected chi connectivity index (χ0v) is 19.4. The van der Waals surface area contributed by atoms with Crippen LogP contribution in [0.25, 0.3) is 0 Å². The Balaban J connectivity index is 2.19. The van der Waals surface area contributed by atoms with Crippen molar-refractivity contribution in [2.75, 3.05) is 27.0 Å². The Bertz CT molecular complexity index is 1040. The van der Waals surface area contributed by atoms with Crippen LogP contribution in [0.3, 0.4) is 0 Å². The van der Waals surface area contributed by atoms with Gasteiger partial charge in [0.15, 0.2) is 0 Å². The van der Waals surface area contributed by atoms with Crippen LogP contribution in [0.5, 0.6) is 5.75 Å². The minimum atomic E-state index is -3.59. The molecule has 0 aliphatic rings. The summed E-state index contributed by atoms with van der Waals surface area (Å²) in [5, 5.41) is 2.78. The monoisotopic (exact) mass is 465 g/mol. The highest BCUT2D eigenvalue weighted by Gasteiger charge is 2.28. The summed E-state index contributed by atoms with van der Waals surface area (Å²) in [6, 6.07) is 11.8. The standard InChI is InChI=1S/C22H28FN3O5S/c1-16(22(28)24-13-18-7-5-6-8-20(18)31-3)26(14-17-9-11-19(23)12-10-17)21(27)15-25(2)32(4,29)30/h5-12,16H,13-15H2,1-4H3,(H,24,28)/t16-/m0/s1. The molecule has 0 fully saturated rings. The number of hydrogen-bond donors (Lipinski definition) is 1. The molecule has 2 aromatic rings. The number of rotatable bonds is 10. The first-order chi connectivity index (χ1) is 15.0. The van der Waals surface area contributed by atoms with Crippen LogP contribution in [0.2, 0.25) is 0 Å². The lowest BCUT2D eigenvalue weighted by Gasteiger charge is -2.30. The van der Waals surface area contributed by atoms with Gasteiger partial charge in [-0.1, -0.05) is 30.3 Å². The molecule has 0 radical (unpaired) electrons. The lowest BCUT2D eigenvalue weighted by molar-refractivity contribution is -0.140. The first-order valence-corrected chi connectivity index (χ1v) is 11.7. The molecule has 2 rings (SSSR count). The van der Waals surface area contributed by atoms with Crippen molar-refractivity contribution < 1.29 is 27.1 Å². The molecule has 0 aliphatic heterocycles. The highest BCUT2D eigenvalue weighted by Crippen LogP contribution is 2.17. The molecule has 174 valence electrons. The van der Waals surface area contributed by atoms with E-state index in [0.717, 1.165) is 16.1 Å². The third-order valence-corrected chi connectivity index (χ3v) is 6.26. The largest absolute Gasteiger partial charge is 0.496 e. The van der Waals surface area contributed by atoms with Crippen LogP contribution in [0.4, 0.5) is 4.39 Å². The minimum absolute atomic E-state index is 0.0138. The van der Waals surface area contributed by atoms with E-state index in [1.807, 2.05) is 18.2 Å². The number of halogens is 1. The first-order valence-electron chi connectivity index (χ1n) is 9.87. The van der Waals surface area contributed by atoms with Crippen molar-refractivity contribution in [1.82, 2.24) is 14.5 Å². The fraction of sp³-hybridized carbons (Fsp3) is 0.364. The van der Waals surface area contributed by atoms with Gasteiger partial charge in [0.2, 0.25) is 21.8 Å². The van der Waals surface area contributed by atoms with Gasteiger partial charge in [-0.3, -0.25) is 9.59 Å². The van der Waals surface area contributed by atoms with Gasteiger partial charge in [0, 0.05) is 25.7 Å². The van der Waals surface area contributed by atoms with Crippen molar-refractivity contribution in [3.05, 3.63) is 65.5 Å². The number of ether oxygens (including phenoxy) is 1. The maximum absolute atomic E-state index is 13.3. The second-order valence-corrected chi connectivity index (χ2v) is 9.46. The molecule has 0 unspecified atom stereocenters. The fourth-order valence-corrected chi connectivity index (χ4v) is 3.29. The molecule has 10 heteroatoms. The first kappa shape index (κ1) is 25.3. The fourth-order valence-electron chi connectivity index (χ4n) is 2.95. The van der Waals surface area contributed by atoms with Crippen molar-refractivity contribution in [3.8, 4) is 5.75 Å². The van der Waals surface area contributed by atoms with Gasteiger partial charge in [0.25, 0.3) is 0 Å². The molecule has 1 N–H and O–H groups in total. The topological polar surface area (TPSA) is 96.0 Å². The van der Waals surface area contributed by atoms with E-state index in [1.165, 1.54) is 43.3 Å². The van der Waals surface area contributed by atoms with E-state index in [-0.39, 0.29) is 13.1 Å². The highest BCUT2D eigenvalue weighted by molar-refractivity contribution is 7.88. The van der Waals surface area contributed by atoms with E-state index in [4.69, 9.17) is 4.74 Å². The molecule has 0 saturated carbocycles. The summed E-state index contributed by atoms with van der Waals surface area (Å²) in [4.78, 5) is 27.1. The van der Waals surface area contributed by atoms with Gasteiger partial charge in [-0.25, -0.2) is 12.8 Å². The molecule has 0 heterocycles. The smallest absolute Gasteiger partial charge is 0.242 e. The summed E-state index contributed by atoms with van der Waals surface area (Å²) < 4.78 is 42.9. The lowest BCUT2D eigenvalue weighted by Crippen LogP contribution is -2.50. The van der Waals surface area contributed by atoms with Gasteiger partial charge in [0.1, 0.15) is 17.6 Å². The van der Waals surface area contributed by atoms with Crippen LogP contribution < -0.4 is 10.1 Å². The zero-order chi connectivity index (χ0) is 23.9. The Morgan fingerprint density at radius 2 is 1.75 bits per heavy atom. The average Bonchev–Trinajstić information content (AvgIpc) is 2.75. The minimum Gasteiger partial charge on any atom is -0.496 e. The zero-order valence-electron chi connectivity index (χ0n) is 18.5. The van der Waals surface area contributed by atoms with Crippen molar-refractivity contribution >= 4 is 21.8 Å². The number of carbonyl (C=O) groups is 2. The molecule has 1 atom stereocenters. The van der Waals surface area contributed by atoms with Gasteiger partial charge >= 0.3 is 0 Å². The summed E-state index contributed by atoms with van der Waals surface area (Å²) in [5.74, 6) is -0.781. The van der Waals surface area contributed by atoms with Crippen molar-refractivity contribution in [2.45, 2.75) is 26.1 Å². The Labute approximate surface area is 188 Å². The molecule has 2 aromatic carbocycles. The Morgan fingerprint density at radius 1 is 1.12 bits per heavy atom. The lowest BCUT2D eigenvalue weighted by atomic mass is 10.1. The number of nitrogens with zero attached hydrogens (tertiary/aromatic N) is 2. The van der Waals surface area contributed by atoms with E-state index in [1.54, 1.807) is 13.0 Å². The molecular formula is C22H28FN3O5S. The van der Waals surface area contributed by atoms with Gasteiger partial charge in [-0.15, -0.1) is 0 Å².